The van der Waals surface area contributed by atoms with E-state index in [0.717, 1.165) is 6.42 Å². The highest BCUT2D eigenvalue weighted by molar-refractivity contribution is 5.66. The number of ether oxygens (including phenoxy) is 1. The molecule has 0 saturated carbocycles. The van der Waals surface area contributed by atoms with Gasteiger partial charge in [0.15, 0.2) is 0 Å². The van der Waals surface area contributed by atoms with Crippen LogP contribution in [0.15, 0.2) is 36.4 Å². The van der Waals surface area contributed by atoms with Gasteiger partial charge < -0.3 is 4.74 Å². The first-order valence-electron chi connectivity index (χ1n) is 5.17. The summed E-state index contributed by atoms with van der Waals surface area (Å²) in [5, 5.41) is 0. The number of hydrogen-bond donors (Lipinski definition) is 0. The van der Waals surface area contributed by atoms with Gasteiger partial charge in [0.25, 0.3) is 0 Å². The van der Waals surface area contributed by atoms with Crippen molar-refractivity contribution >= 4 is 5.57 Å². The van der Waals surface area contributed by atoms with Crippen LogP contribution in [0.25, 0.3) is 5.57 Å². The molecule has 2 rings (SSSR count). The van der Waals surface area contributed by atoms with Gasteiger partial charge in [0.1, 0.15) is 0 Å². The van der Waals surface area contributed by atoms with Crippen molar-refractivity contribution in [1.29, 1.82) is 0 Å². The van der Waals surface area contributed by atoms with Gasteiger partial charge in [0.2, 0.25) is 0 Å². The van der Waals surface area contributed by atoms with Crippen LogP contribution in [0.3, 0.4) is 0 Å². The molecule has 1 aromatic rings. The van der Waals surface area contributed by atoms with E-state index in [9.17, 15) is 0 Å². The molecule has 0 spiro atoms. The number of hydrogen-bond acceptors (Lipinski definition) is 1. The molecule has 1 heteroatoms. The summed E-state index contributed by atoms with van der Waals surface area (Å²) in [5.74, 6) is 0. The topological polar surface area (TPSA) is 9.23 Å². The van der Waals surface area contributed by atoms with Gasteiger partial charge in [-0.1, -0.05) is 36.4 Å². The quantitative estimate of drug-likeness (QED) is 0.657. The average molecular weight is 188 g/mol. The zero-order chi connectivity index (χ0) is 9.97. The van der Waals surface area contributed by atoms with Crippen molar-refractivity contribution in [1.82, 2.24) is 0 Å². The fraction of sp³-hybridized carbons (Fsp3) is 0.385. The molecule has 0 amide bonds. The van der Waals surface area contributed by atoms with Crippen molar-refractivity contribution in [2.24, 2.45) is 0 Å². The van der Waals surface area contributed by atoms with Crippen LogP contribution in [0.1, 0.15) is 25.8 Å². The third kappa shape index (κ3) is 2.05. The van der Waals surface area contributed by atoms with E-state index >= 15 is 0 Å². The Hall–Kier alpha value is -1.08. The van der Waals surface area contributed by atoms with E-state index in [4.69, 9.17) is 4.74 Å². The predicted octanol–water partition coefficient (Wildman–Crippen LogP) is 3.27. The van der Waals surface area contributed by atoms with E-state index in [2.05, 4.69) is 50.3 Å². The molecular weight excluding hydrogens is 172 g/mol. The molecule has 14 heavy (non-hydrogen) atoms. The van der Waals surface area contributed by atoms with Gasteiger partial charge in [-0.05, 0) is 31.4 Å². The number of benzene rings is 1. The maximum atomic E-state index is 5.66. The fourth-order valence-corrected chi connectivity index (χ4v) is 1.98. The van der Waals surface area contributed by atoms with Crippen molar-refractivity contribution in [3.63, 3.8) is 0 Å². The Bertz CT molecular complexity index is 326. The Morgan fingerprint density at radius 2 is 1.86 bits per heavy atom. The predicted molar refractivity (Wildman–Crippen MR) is 59.0 cm³/mol. The SMILES string of the molecule is C[C@@H]1CC(c2ccccc2)=C[C@H](C)O1. The Morgan fingerprint density at radius 1 is 1.14 bits per heavy atom. The van der Waals surface area contributed by atoms with Gasteiger partial charge in [-0.15, -0.1) is 0 Å². The first kappa shape index (κ1) is 9.47. The van der Waals surface area contributed by atoms with Crippen LogP contribution in [-0.2, 0) is 4.74 Å². The molecule has 1 aliphatic rings. The van der Waals surface area contributed by atoms with Gasteiger partial charge in [0.05, 0.1) is 12.2 Å². The molecule has 0 radical (unpaired) electrons. The van der Waals surface area contributed by atoms with Crippen LogP contribution in [0.2, 0.25) is 0 Å². The molecule has 1 aliphatic heterocycles. The minimum atomic E-state index is 0.244. The largest absolute Gasteiger partial charge is 0.371 e. The van der Waals surface area contributed by atoms with Gasteiger partial charge >= 0.3 is 0 Å². The highest BCUT2D eigenvalue weighted by Crippen LogP contribution is 2.26. The van der Waals surface area contributed by atoms with Gasteiger partial charge in [-0.3, -0.25) is 0 Å². The maximum absolute atomic E-state index is 5.66. The van der Waals surface area contributed by atoms with Crippen molar-refractivity contribution in [3.05, 3.63) is 42.0 Å². The summed E-state index contributed by atoms with van der Waals surface area (Å²) in [6.45, 7) is 4.23. The second kappa shape index (κ2) is 3.97. The molecule has 0 bridgehead atoms. The summed E-state index contributed by atoms with van der Waals surface area (Å²) in [5.41, 5.74) is 2.74. The van der Waals surface area contributed by atoms with Crippen LogP contribution >= 0.6 is 0 Å². The van der Waals surface area contributed by atoms with E-state index in [1.165, 1.54) is 11.1 Å². The maximum Gasteiger partial charge on any atom is 0.0737 e. The molecule has 0 unspecified atom stereocenters. The third-order valence-electron chi connectivity index (χ3n) is 2.53. The molecular formula is C13H16O. The van der Waals surface area contributed by atoms with E-state index in [-0.39, 0.29) is 6.10 Å². The van der Waals surface area contributed by atoms with E-state index in [0.29, 0.717) is 6.10 Å². The van der Waals surface area contributed by atoms with Crippen molar-refractivity contribution < 1.29 is 4.74 Å². The third-order valence-corrected chi connectivity index (χ3v) is 2.53. The van der Waals surface area contributed by atoms with Crippen molar-refractivity contribution in [2.45, 2.75) is 32.5 Å². The normalized spacial score (nSPS) is 27.1. The van der Waals surface area contributed by atoms with Crippen molar-refractivity contribution in [2.75, 3.05) is 0 Å². The zero-order valence-electron chi connectivity index (χ0n) is 8.73. The molecule has 0 saturated heterocycles. The first-order valence-corrected chi connectivity index (χ1v) is 5.17. The second-order valence-electron chi connectivity index (χ2n) is 3.91. The molecule has 1 heterocycles. The Labute approximate surface area is 85.4 Å². The standard InChI is InChI=1S/C13H16O/c1-10-8-13(9-11(2)14-10)12-6-4-3-5-7-12/h3-8,10-11H,9H2,1-2H3/t10-,11+/m0/s1. The minimum absolute atomic E-state index is 0.244. The second-order valence-corrected chi connectivity index (χ2v) is 3.91. The Kier molecular flexibility index (Phi) is 2.69. The summed E-state index contributed by atoms with van der Waals surface area (Å²) < 4.78 is 5.66. The first-order chi connectivity index (χ1) is 6.75. The summed E-state index contributed by atoms with van der Waals surface area (Å²) in [6, 6.07) is 10.5. The molecule has 1 aromatic carbocycles. The fourth-order valence-electron chi connectivity index (χ4n) is 1.98. The molecule has 2 atom stereocenters. The molecule has 0 N–H and O–H groups in total. The highest BCUT2D eigenvalue weighted by atomic mass is 16.5. The lowest BCUT2D eigenvalue weighted by Gasteiger charge is -2.25. The lowest BCUT2D eigenvalue weighted by atomic mass is 9.96. The lowest BCUT2D eigenvalue weighted by molar-refractivity contribution is 0.0304. The van der Waals surface area contributed by atoms with Gasteiger partial charge in [-0.2, -0.15) is 0 Å². The molecule has 74 valence electrons. The molecule has 0 aliphatic carbocycles. The van der Waals surface area contributed by atoms with Crippen molar-refractivity contribution in [3.8, 4) is 0 Å². The van der Waals surface area contributed by atoms with E-state index in [1.54, 1.807) is 0 Å². The molecule has 1 nitrogen and oxygen atoms in total. The Morgan fingerprint density at radius 3 is 2.50 bits per heavy atom. The average Bonchev–Trinajstić information content (AvgIpc) is 2.18. The van der Waals surface area contributed by atoms with Crippen LogP contribution in [0.5, 0.6) is 0 Å². The van der Waals surface area contributed by atoms with E-state index < -0.39 is 0 Å². The summed E-state index contributed by atoms with van der Waals surface area (Å²) in [7, 11) is 0. The molecule has 0 aromatic heterocycles. The molecule has 0 fully saturated rings. The van der Waals surface area contributed by atoms with Crippen LogP contribution in [0.4, 0.5) is 0 Å². The summed E-state index contributed by atoms with van der Waals surface area (Å²) in [6.07, 6.45) is 3.82. The smallest absolute Gasteiger partial charge is 0.0737 e. The monoisotopic (exact) mass is 188 g/mol. The number of rotatable bonds is 1. The zero-order valence-corrected chi connectivity index (χ0v) is 8.73. The highest BCUT2D eigenvalue weighted by Gasteiger charge is 2.16. The van der Waals surface area contributed by atoms with E-state index in [1.807, 2.05) is 0 Å². The van der Waals surface area contributed by atoms with Gasteiger partial charge in [0, 0.05) is 0 Å². The van der Waals surface area contributed by atoms with Crippen LogP contribution < -0.4 is 0 Å². The Balaban J connectivity index is 2.26. The van der Waals surface area contributed by atoms with Crippen LogP contribution in [0, 0.1) is 0 Å². The minimum Gasteiger partial charge on any atom is -0.371 e. The van der Waals surface area contributed by atoms with Gasteiger partial charge in [-0.25, -0.2) is 0 Å². The van der Waals surface area contributed by atoms with Crippen LogP contribution in [-0.4, -0.2) is 12.2 Å². The lowest BCUT2D eigenvalue weighted by Crippen LogP contribution is -2.20. The summed E-state index contributed by atoms with van der Waals surface area (Å²) >= 11 is 0. The summed E-state index contributed by atoms with van der Waals surface area (Å²) in [4.78, 5) is 0.